The predicted molar refractivity (Wildman–Crippen MR) is 99.1 cm³/mol. The third-order valence-electron chi connectivity index (χ3n) is 3.63. The molecule has 3 rings (SSSR count). The molecule has 0 atom stereocenters. The van der Waals surface area contributed by atoms with Crippen molar-refractivity contribution in [1.82, 2.24) is 14.8 Å². The van der Waals surface area contributed by atoms with Crippen molar-refractivity contribution in [2.45, 2.75) is 20.5 Å². The monoisotopic (exact) mass is 437 g/mol. The van der Waals surface area contributed by atoms with Crippen molar-refractivity contribution in [2.75, 3.05) is 0 Å². The van der Waals surface area contributed by atoms with Gasteiger partial charge in [-0.15, -0.1) is 0 Å². The van der Waals surface area contributed by atoms with Crippen molar-refractivity contribution < 1.29 is 13.9 Å². The van der Waals surface area contributed by atoms with Crippen LogP contribution in [0.1, 0.15) is 27.4 Å². The number of esters is 1. The topological polar surface area (TPSA) is 57.0 Å². The number of pyridine rings is 1. The first kappa shape index (κ1) is 18.5. The van der Waals surface area contributed by atoms with Gasteiger partial charge in [-0.05, 0) is 44.2 Å². The smallest absolute Gasteiger partial charge is 0.358 e. The van der Waals surface area contributed by atoms with Gasteiger partial charge in [0.25, 0.3) is 0 Å². The second kappa shape index (κ2) is 7.55. The Bertz CT molecular complexity index is 991. The molecule has 1 aromatic carbocycles. The first-order chi connectivity index (χ1) is 12.3. The molecule has 0 N–H and O–H groups in total. The molecule has 0 aliphatic carbocycles. The van der Waals surface area contributed by atoms with Crippen LogP contribution in [-0.2, 0) is 11.3 Å². The summed E-state index contributed by atoms with van der Waals surface area (Å²) < 4.78 is 20.5. The first-order valence-electron chi connectivity index (χ1n) is 7.66. The third-order valence-corrected chi connectivity index (χ3v) is 4.67. The highest BCUT2D eigenvalue weighted by Gasteiger charge is 2.17. The molecule has 0 spiro atoms. The Morgan fingerprint density at radius 2 is 2.04 bits per heavy atom. The van der Waals surface area contributed by atoms with E-state index in [-0.39, 0.29) is 23.1 Å². The fourth-order valence-corrected chi connectivity index (χ4v) is 3.05. The quantitative estimate of drug-likeness (QED) is 0.549. The molecule has 0 saturated carbocycles. The Kier molecular flexibility index (Phi) is 5.38. The van der Waals surface area contributed by atoms with E-state index in [1.165, 1.54) is 18.2 Å². The Hall–Kier alpha value is -2.25. The van der Waals surface area contributed by atoms with Crippen LogP contribution in [0.5, 0.6) is 0 Å². The van der Waals surface area contributed by atoms with Crippen LogP contribution < -0.4 is 0 Å². The molecule has 0 amide bonds. The van der Waals surface area contributed by atoms with E-state index < -0.39 is 5.97 Å². The lowest BCUT2D eigenvalue weighted by molar-refractivity contribution is 0.0465. The summed E-state index contributed by atoms with van der Waals surface area (Å²) in [5.74, 6) is -0.584. The second-order valence-corrected chi connectivity index (χ2v) is 6.91. The maximum Gasteiger partial charge on any atom is 0.358 e. The molecule has 0 aliphatic rings. The molecule has 0 bridgehead atoms. The highest BCUT2D eigenvalue weighted by atomic mass is 79.9. The van der Waals surface area contributed by atoms with Crippen LogP contribution in [0.3, 0.4) is 0 Å². The Labute approximate surface area is 162 Å². The van der Waals surface area contributed by atoms with Crippen LogP contribution in [0.4, 0.5) is 4.39 Å². The average Bonchev–Trinajstić information content (AvgIpc) is 2.92. The number of hydrogen-bond acceptors (Lipinski definition) is 4. The van der Waals surface area contributed by atoms with Gasteiger partial charge in [-0.3, -0.25) is 0 Å². The molecule has 3 aromatic rings. The summed E-state index contributed by atoms with van der Waals surface area (Å²) in [6.07, 6.45) is 0. The van der Waals surface area contributed by atoms with Crippen molar-refractivity contribution in [3.8, 4) is 5.82 Å². The third kappa shape index (κ3) is 3.94. The summed E-state index contributed by atoms with van der Waals surface area (Å²) in [7, 11) is 0. The number of hydrogen-bond donors (Lipinski definition) is 0. The summed E-state index contributed by atoms with van der Waals surface area (Å²) in [5.41, 5.74) is 2.34. The van der Waals surface area contributed by atoms with Gasteiger partial charge in [-0.1, -0.05) is 33.6 Å². The van der Waals surface area contributed by atoms with Crippen molar-refractivity contribution >= 4 is 33.5 Å². The Balaban J connectivity index is 1.82. The maximum absolute atomic E-state index is 13.1. The minimum atomic E-state index is -0.672. The van der Waals surface area contributed by atoms with Gasteiger partial charge in [0, 0.05) is 15.7 Å². The van der Waals surface area contributed by atoms with Gasteiger partial charge >= 0.3 is 5.97 Å². The number of aryl methyl sites for hydroxylation is 2. The number of aromatic nitrogens is 3. The van der Waals surface area contributed by atoms with Gasteiger partial charge in [-0.2, -0.15) is 5.10 Å². The lowest BCUT2D eigenvalue weighted by Gasteiger charge is -2.09. The van der Waals surface area contributed by atoms with Crippen LogP contribution >= 0.6 is 27.5 Å². The number of benzene rings is 1. The number of rotatable bonds is 4. The van der Waals surface area contributed by atoms with Crippen molar-refractivity contribution in [2.24, 2.45) is 0 Å². The molecule has 5 nitrogen and oxygen atoms in total. The molecule has 0 unspecified atom stereocenters. The molecule has 2 aromatic heterocycles. The predicted octanol–water partition coefficient (Wildman–Crippen LogP) is 4.80. The Morgan fingerprint density at radius 3 is 2.69 bits per heavy atom. The molecule has 0 saturated heterocycles. The molecule has 0 aliphatic heterocycles. The minimum absolute atomic E-state index is 0.00467. The van der Waals surface area contributed by atoms with E-state index in [0.29, 0.717) is 15.9 Å². The number of halogens is 3. The summed E-state index contributed by atoms with van der Waals surface area (Å²) in [6, 6.07) is 9.29. The summed E-state index contributed by atoms with van der Waals surface area (Å²) >= 11 is 9.34. The van der Waals surface area contributed by atoms with Crippen molar-refractivity contribution in [3.05, 3.63) is 74.4 Å². The standard InChI is InChI=1S/C18H14BrClFN3O2/c1-10-7-11(2)24(23-10)16-6-5-15(20)17(22-16)18(25)26-9-12-3-4-13(21)8-14(12)19/h3-8H,9H2,1-2H3. The highest BCUT2D eigenvalue weighted by molar-refractivity contribution is 9.10. The maximum atomic E-state index is 13.1. The van der Waals surface area contributed by atoms with E-state index in [1.54, 1.807) is 16.8 Å². The highest BCUT2D eigenvalue weighted by Crippen LogP contribution is 2.21. The second-order valence-electron chi connectivity index (χ2n) is 5.65. The molecular weight excluding hydrogens is 425 g/mol. The average molecular weight is 439 g/mol. The van der Waals surface area contributed by atoms with E-state index in [9.17, 15) is 9.18 Å². The van der Waals surface area contributed by atoms with Crippen LogP contribution in [0.2, 0.25) is 5.02 Å². The number of nitrogens with zero attached hydrogens (tertiary/aromatic N) is 3. The lowest BCUT2D eigenvalue weighted by Crippen LogP contribution is -2.11. The molecule has 0 fully saturated rings. The SMILES string of the molecule is Cc1cc(C)n(-c2ccc(Cl)c(C(=O)OCc3ccc(F)cc3Br)n2)n1. The summed E-state index contributed by atoms with van der Waals surface area (Å²) in [5, 5.41) is 4.52. The molecular formula is C18H14BrClFN3O2. The van der Waals surface area contributed by atoms with Crippen LogP contribution in [0.15, 0.2) is 40.9 Å². The normalized spacial score (nSPS) is 10.8. The van der Waals surface area contributed by atoms with Crippen LogP contribution in [0.25, 0.3) is 5.82 Å². The van der Waals surface area contributed by atoms with E-state index in [4.69, 9.17) is 16.3 Å². The van der Waals surface area contributed by atoms with Gasteiger partial charge in [0.15, 0.2) is 11.5 Å². The van der Waals surface area contributed by atoms with E-state index >= 15 is 0 Å². The van der Waals surface area contributed by atoms with E-state index in [1.807, 2.05) is 19.9 Å². The van der Waals surface area contributed by atoms with Crippen LogP contribution in [0, 0.1) is 19.7 Å². The zero-order valence-corrected chi connectivity index (χ0v) is 16.3. The van der Waals surface area contributed by atoms with Crippen LogP contribution in [-0.4, -0.2) is 20.7 Å². The fraction of sp³-hybridized carbons (Fsp3) is 0.167. The fourth-order valence-electron chi connectivity index (χ4n) is 2.40. The van der Waals surface area contributed by atoms with Gasteiger partial charge in [0.2, 0.25) is 0 Å². The van der Waals surface area contributed by atoms with Gasteiger partial charge in [0.05, 0.1) is 10.7 Å². The molecule has 0 radical (unpaired) electrons. The summed E-state index contributed by atoms with van der Waals surface area (Å²) in [6.45, 7) is 3.72. The summed E-state index contributed by atoms with van der Waals surface area (Å²) in [4.78, 5) is 16.7. The first-order valence-corrected chi connectivity index (χ1v) is 8.83. The number of ether oxygens (including phenoxy) is 1. The molecule has 8 heteroatoms. The Morgan fingerprint density at radius 1 is 1.27 bits per heavy atom. The minimum Gasteiger partial charge on any atom is -0.456 e. The van der Waals surface area contributed by atoms with Crippen molar-refractivity contribution in [3.63, 3.8) is 0 Å². The molecule has 2 heterocycles. The largest absolute Gasteiger partial charge is 0.456 e. The number of carbonyl (C=O) groups excluding carboxylic acids is 1. The van der Waals surface area contributed by atoms with Gasteiger partial charge in [0.1, 0.15) is 12.4 Å². The number of carbonyl (C=O) groups is 1. The zero-order valence-electron chi connectivity index (χ0n) is 14.0. The van der Waals surface area contributed by atoms with Gasteiger partial charge in [-0.25, -0.2) is 18.9 Å². The molecule has 134 valence electrons. The van der Waals surface area contributed by atoms with E-state index in [0.717, 1.165) is 11.4 Å². The molecule has 26 heavy (non-hydrogen) atoms. The van der Waals surface area contributed by atoms with Gasteiger partial charge < -0.3 is 4.74 Å². The van der Waals surface area contributed by atoms with Crippen molar-refractivity contribution in [1.29, 1.82) is 0 Å². The zero-order chi connectivity index (χ0) is 18.8. The van der Waals surface area contributed by atoms with E-state index in [2.05, 4.69) is 26.0 Å². The lowest BCUT2D eigenvalue weighted by atomic mass is 10.2.